The molecule has 0 saturated heterocycles. The maximum Gasteiger partial charge on any atom is 0.222 e. The lowest BCUT2D eigenvalue weighted by Gasteiger charge is -2.07. The Morgan fingerprint density at radius 3 is 2.45 bits per heavy atom. The van der Waals surface area contributed by atoms with Crippen LogP contribution in [0.1, 0.15) is 11.4 Å². The third kappa shape index (κ3) is 2.63. The summed E-state index contributed by atoms with van der Waals surface area (Å²) in [7, 11) is 1.92. The van der Waals surface area contributed by atoms with E-state index < -0.39 is 0 Å². The third-order valence-electron chi connectivity index (χ3n) is 3.51. The van der Waals surface area contributed by atoms with Crippen LogP contribution < -0.4 is 10.5 Å². The van der Waals surface area contributed by atoms with Gasteiger partial charge in [0.15, 0.2) is 0 Å². The average Bonchev–Trinajstić information content (AvgIpc) is 2.75. The maximum atomic E-state index is 5.75. The summed E-state index contributed by atoms with van der Waals surface area (Å²) in [5.74, 6) is 1.16. The predicted molar refractivity (Wildman–Crippen MR) is 84.6 cm³/mol. The van der Waals surface area contributed by atoms with E-state index in [1.54, 1.807) is 24.3 Å². The van der Waals surface area contributed by atoms with Crippen LogP contribution in [0.2, 0.25) is 0 Å². The second-order valence-electron chi connectivity index (χ2n) is 5.08. The van der Waals surface area contributed by atoms with Crippen molar-refractivity contribution >= 4 is 5.69 Å². The highest BCUT2D eigenvalue weighted by molar-refractivity contribution is 5.65. The zero-order valence-corrected chi connectivity index (χ0v) is 12.7. The van der Waals surface area contributed by atoms with E-state index in [0.29, 0.717) is 17.3 Å². The summed E-state index contributed by atoms with van der Waals surface area (Å²) in [6, 6.07) is 8.99. The first-order valence-electron chi connectivity index (χ1n) is 6.90. The first-order valence-corrected chi connectivity index (χ1v) is 6.90. The molecule has 3 rings (SSSR count). The number of benzene rings is 1. The summed E-state index contributed by atoms with van der Waals surface area (Å²) in [5, 5.41) is 4.41. The molecule has 0 aliphatic carbocycles. The van der Waals surface area contributed by atoms with Gasteiger partial charge in [-0.2, -0.15) is 5.10 Å². The van der Waals surface area contributed by atoms with E-state index in [4.69, 9.17) is 10.5 Å². The average molecular weight is 295 g/mol. The first kappa shape index (κ1) is 14.1. The molecule has 0 saturated carbocycles. The van der Waals surface area contributed by atoms with E-state index in [2.05, 4.69) is 15.1 Å². The molecule has 1 aromatic carbocycles. The fourth-order valence-electron chi connectivity index (χ4n) is 2.33. The normalized spacial score (nSPS) is 10.7. The number of rotatable bonds is 3. The number of hydrogen-bond donors (Lipinski definition) is 1. The maximum absolute atomic E-state index is 5.75. The molecule has 112 valence electrons. The zero-order chi connectivity index (χ0) is 15.7. The number of nitrogens with zero attached hydrogens (tertiary/aromatic N) is 4. The van der Waals surface area contributed by atoms with Gasteiger partial charge in [-0.1, -0.05) is 0 Å². The lowest BCUT2D eigenvalue weighted by molar-refractivity contribution is 0.462. The highest BCUT2D eigenvalue weighted by Gasteiger charge is 2.14. The SMILES string of the molecule is Cc1nn(C)c(C)c1-c1cc(Oc2ccc(N)cc2)ncn1. The van der Waals surface area contributed by atoms with Crippen LogP contribution in [0.25, 0.3) is 11.3 Å². The van der Waals surface area contributed by atoms with Crippen molar-refractivity contribution in [2.24, 2.45) is 7.05 Å². The van der Waals surface area contributed by atoms with Gasteiger partial charge < -0.3 is 10.5 Å². The number of anilines is 1. The molecule has 6 heteroatoms. The molecule has 3 aromatic rings. The second-order valence-corrected chi connectivity index (χ2v) is 5.08. The molecule has 2 aromatic heterocycles. The zero-order valence-electron chi connectivity index (χ0n) is 12.7. The smallest absolute Gasteiger partial charge is 0.222 e. The Morgan fingerprint density at radius 2 is 1.82 bits per heavy atom. The number of aryl methyl sites for hydroxylation is 2. The number of nitrogens with two attached hydrogens (primary N) is 1. The van der Waals surface area contributed by atoms with Crippen LogP contribution >= 0.6 is 0 Å². The molecule has 6 nitrogen and oxygen atoms in total. The number of aromatic nitrogens is 4. The Hall–Kier alpha value is -2.89. The highest BCUT2D eigenvalue weighted by Crippen LogP contribution is 2.28. The third-order valence-corrected chi connectivity index (χ3v) is 3.51. The van der Waals surface area contributed by atoms with E-state index in [9.17, 15) is 0 Å². The van der Waals surface area contributed by atoms with Gasteiger partial charge in [-0.05, 0) is 38.1 Å². The van der Waals surface area contributed by atoms with Crippen LogP contribution in [0.3, 0.4) is 0 Å². The van der Waals surface area contributed by atoms with Crippen LogP contribution in [-0.4, -0.2) is 19.7 Å². The van der Waals surface area contributed by atoms with Gasteiger partial charge in [0.2, 0.25) is 5.88 Å². The summed E-state index contributed by atoms with van der Waals surface area (Å²) < 4.78 is 7.59. The molecule has 2 heterocycles. The summed E-state index contributed by atoms with van der Waals surface area (Å²) in [6.45, 7) is 3.98. The van der Waals surface area contributed by atoms with Crippen molar-refractivity contribution in [3.8, 4) is 22.9 Å². The molecule has 0 aliphatic rings. The second kappa shape index (κ2) is 5.48. The molecule has 0 amide bonds. The predicted octanol–water partition coefficient (Wildman–Crippen LogP) is 2.87. The van der Waals surface area contributed by atoms with Crippen LogP contribution in [0.4, 0.5) is 5.69 Å². The van der Waals surface area contributed by atoms with E-state index in [1.807, 2.05) is 31.6 Å². The van der Waals surface area contributed by atoms with E-state index >= 15 is 0 Å². The lowest BCUT2D eigenvalue weighted by atomic mass is 10.1. The minimum Gasteiger partial charge on any atom is -0.439 e. The summed E-state index contributed by atoms with van der Waals surface area (Å²) >= 11 is 0. The van der Waals surface area contributed by atoms with Crippen molar-refractivity contribution < 1.29 is 4.74 Å². The molecule has 0 aliphatic heterocycles. The fourth-order valence-corrected chi connectivity index (χ4v) is 2.33. The number of nitrogen functional groups attached to an aromatic ring is 1. The number of ether oxygens (including phenoxy) is 1. The quantitative estimate of drug-likeness (QED) is 0.752. The van der Waals surface area contributed by atoms with Gasteiger partial charge in [0.05, 0.1) is 11.4 Å². The Bertz CT molecular complexity index is 808. The molecule has 0 atom stereocenters. The first-order chi connectivity index (χ1) is 10.5. The highest BCUT2D eigenvalue weighted by atomic mass is 16.5. The van der Waals surface area contributed by atoms with E-state index in [0.717, 1.165) is 22.6 Å². The summed E-state index contributed by atoms with van der Waals surface area (Å²) in [4.78, 5) is 8.49. The summed E-state index contributed by atoms with van der Waals surface area (Å²) in [5.41, 5.74) is 10.1. The van der Waals surface area contributed by atoms with Crippen LogP contribution in [-0.2, 0) is 7.05 Å². The summed E-state index contributed by atoms with van der Waals surface area (Å²) in [6.07, 6.45) is 1.49. The van der Waals surface area contributed by atoms with Gasteiger partial charge in [-0.15, -0.1) is 0 Å². The Kier molecular flexibility index (Phi) is 3.50. The topological polar surface area (TPSA) is 78.9 Å². The van der Waals surface area contributed by atoms with Crippen molar-refractivity contribution in [3.63, 3.8) is 0 Å². The molecule has 0 spiro atoms. The van der Waals surface area contributed by atoms with Gasteiger partial charge in [-0.25, -0.2) is 9.97 Å². The van der Waals surface area contributed by atoms with Gasteiger partial charge in [0.1, 0.15) is 12.1 Å². The lowest BCUT2D eigenvalue weighted by Crippen LogP contribution is -1.94. The van der Waals surface area contributed by atoms with Gasteiger partial charge in [0, 0.05) is 30.1 Å². The molecule has 0 fully saturated rings. The molecule has 22 heavy (non-hydrogen) atoms. The largest absolute Gasteiger partial charge is 0.439 e. The minimum absolute atomic E-state index is 0.484. The molecule has 0 unspecified atom stereocenters. The van der Waals surface area contributed by atoms with Crippen LogP contribution in [0, 0.1) is 13.8 Å². The van der Waals surface area contributed by atoms with E-state index in [-0.39, 0.29) is 0 Å². The van der Waals surface area contributed by atoms with Gasteiger partial charge in [0.25, 0.3) is 0 Å². The Morgan fingerprint density at radius 1 is 1.09 bits per heavy atom. The van der Waals surface area contributed by atoms with Crippen molar-refractivity contribution in [2.45, 2.75) is 13.8 Å². The van der Waals surface area contributed by atoms with Crippen molar-refractivity contribution in [1.29, 1.82) is 0 Å². The Labute approximate surface area is 128 Å². The van der Waals surface area contributed by atoms with Crippen molar-refractivity contribution in [2.75, 3.05) is 5.73 Å². The van der Waals surface area contributed by atoms with Gasteiger partial charge >= 0.3 is 0 Å². The van der Waals surface area contributed by atoms with Crippen molar-refractivity contribution in [1.82, 2.24) is 19.7 Å². The standard InChI is InChI=1S/C16H17N5O/c1-10-16(11(2)21(3)20-10)14-8-15(19-9-18-14)22-13-6-4-12(17)5-7-13/h4-9H,17H2,1-3H3. The molecule has 2 N–H and O–H groups in total. The van der Waals surface area contributed by atoms with Gasteiger partial charge in [-0.3, -0.25) is 4.68 Å². The van der Waals surface area contributed by atoms with Crippen molar-refractivity contribution in [3.05, 3.63) is 48.0 Å². The minimum atomic E-state index is 0.484. The fraction of sp³-hybridized carbons (Fsp3) is 0.188. The monoisotopic (exact) mass is 295 g/mol. The molecule has 0 radical (unpaired) electrons. The molecular formula is C16H17N5O. The number of hydrogen-bond acceptors (Lipinski definition) is 5. The van der Waals surface area contributed by atoms with Crippen LogP contribution in [0.5, 0.6) is 11.6 Å². The Balaban J connectivity index is 1.94. The van der Waals surface area contributed by atoms with E-state index in [1.165, 1.54) is 6.33 Å². The van der Waals surface area contributed by atoms with Crippen LogP contribution in [0.15, 0.2) is 36.7 Å². The molecule has 0 bridgehead atoms. The molecular weight excluding hydrogens is 278 g/mol.